The van der Waals surface area contributed by atoms with E-state index in [9.17, 15) is 4.79 Å². The van der Waals surface area contributed by atoms with E-state index < -0.39 is 0 Å². The molecule has 0 aromatic carbocycles. The average molecular weight is 355 g/mol. The Balaban J connectivity index is 2.64. The summed E-state index contributed by atoms with van der Waals surface area (Å²) in [5.41, 5.74) is 0.0315. The summed E-state index contributed by atoms with van der Waals surface area (Å²) in [5.74, 6) is 0.914. The normalized spacial score (nSPS) is 10.6. The van der Waals surface area contributed by atoms with E-state index in [-0.39, 0.29) is 5.56 Å². The molecule has 0 fully saturated rings. The summed E-state index contributed by atoms with van der Waals surface area (Å²) in [6, 6.07) is 1.77. The first-order valence-electron chi connectivity index (χ1n) is 4.81. The Bertz CT molecular complexity index is 378. The van der Waals surface area contributed by atoms with Gasteiger partial charge in [-0.15, -0.1) is 0 Å². The average Bonchev–Trinajstić information content (AvgIpc) is 2.19. The van der Waals surface area contributed by atoms with E-state index in [0.29, 0.717) is 4.47 Å². The maximum Gasteiger partial charge on any atom is 0.264 e. The van der Waals surface area contributed by atoms with E-state index in [1.807, 2.05) is 6.20 Å². The molecule has 0 radical (unpaired) electrons. The summed E-state index contributed by atoms with van der Waals surface area (Å²) in [4.78, 5) is 11.7. The van der Waals surface area contributed by atoms with Crippen LogP contribution in [0.1, 0.15) is 19.3 Å². The Morgan fingerprint density at radius 3 is 2.67 bits per heavy atom. The van der Waals surface area contributed by atoms with Crippen molar-refractivity contribution < 1.29 is 0 Å². The molecule has 0 aliphatic rings. The van der Waals surface area contributed by atoms with Crippen LogP contribution in [0.5, 0.6) is 0 Å². The van der Waals surface area contributed by atoms with Crippen LogP contribution in [-0.4, -0.2) is 10.3 Å². The van der Waals surface area contributed by atoms with Gasteiger partial charge < -0.3 is 4.57 Å². The van der Waals surface area contributed by atoms with Gasteiger partial charge in [-0.1, -0.05) is 6.42 Å². The van der Waals surface area contributed by atoms with Crippen LogP contribution in [0.25, 0.3) is 0 Å². The van der Waals surface area contributed by atoms with Crippen LogP contribution >= 0.6 is 44.5 Å². The molecule has 1 rings (SSSR count). The molecule has 0 saturated heterocycles. The molecule has 84 valence electrons. The van der Waals surface area contributed by atoms with Crippen LogP contribution in [0.4, 0.5) is 0 Å². The van der Waals surface area contributed by atoms with E-state index in [1.165, 1.54) is 0 Å². The van der Waals surface area contributed by atoms with E-state index in [1.54, 1.807) is 10.6 Å². The smallest absolute Gasteiger partial charge is 0.264 e. The molecule has 0 aliphatic heterocycles. The number of aryl methyl sites for hydroxylation is 1. The molecule has 0 saturated carbocycles. The monoisotopic (exact) mass is 353 g/mol. The van der Waals surface area contributed by atoms with Crippen molar-refractivity contribution in [1.82, 2.24) is 4.57 Å². The number of pyridine rings is 1. The van der Waals surface area contributed by atoms with E-state index >= 15 is 0 Å². The Kier molecular flexibility index (Phi) is 6.00. The molecule has 0 spiro atoms. The molecule has 1 aromatic heterocycles. The predicted octanol–water partition coefficient (Wildman–Crippen LogP) is 3.47. The second kappa shape index (κ2) is 6.76. The van der Waals surface area contributed by atoms with Gasteiger partial charge in [0.1, 0.15) is 0 Å². The van der Waals surface area contributed by atoms with Gasteiger partial charge in [-0.3, -0.25) is 4.79 Å². The van der Waals surface area contributed by atoms with Gasteiger partial charge in [0.2, 0.25) is 0 Å². The quantitative estimate of drug-likeness (QED) is 0.634. The molecular formula is C10H13Br2NOS. The van der Waals surface area contributed by atoms with Crippen molar-refractivity contribution in [2.24, 2.45) is 0 Å². The maximum atomic E-state index is 11.7. The molecule has 0 amide bonds. The van der Waals surface area contributed by atoms with Gasteiger partial charge in [-0.25, -0.2) is 0 Å². The largest absolute Gasteiger partial charge is 0.313 e. The molecule has 0 N–H and O–H groups in total. The van der Waals surface area contributed by atoms with Crippen molar-refractivity contribution in [3.05, 3.63) is 31.6 Å². The van der Waals surface area contributed by atoms with Crippen molar-refractivity contribution in [2.45, 2.75) is 25.8 Å². The molecule has 0 unspecified atom stereocenters. The summed E-state index contributed by atoms with van der Waals surface area (Å²) >= 11 is 10.8. The topological polar surface area (TPSA) is 22.0 Å². The number of rotatable bonds is 5. The fourth-order valence-electron chi connectivity index (χ4n) is 1.30. The summed E-state index contributed by atoms with van der Waals surface area (Å²) in [6.45, 7) is 0.769. The summed E-state index contributed by atoms with van der Waals surface area (Å²) in [7, 11) is 0. The standard InChI is InChI=1S/C10H13Br2NOS/c11-8-6-9(12)10(14)13(7-8)4-2-1-3-5-15/h6-7,15H,1-5H2. The van der Waals surface area contributed by atoms with Crippen LogP contribution in [-0.2, 0) is 6.54 Å². The first-order chi connectivity index (χ1) is 7.15. The Morgan fingerprint density at radius 1 is 1.27 bits per heavy atom. The zero-order chi connectivity index (χ0) is 11.3. The predicted molar refractivity (Wildman–Crippen MR) is 73.8 cm³/mol. The minimum absolute atomic E-state index is 0.0315. The number of hydrogen-bond acceptors (Lipinski definition) is 2. The van der Waals surface area contributed by atoms with Crippen LogP contribution in [0.3, 0.4) is 0 Å². The molecule has 0 aliphatic carbocycles. The van der Waals surface area contributed by atoms with E-state index in [0.717, 1.165) is 36.0 Å². The van der Waals surface area contributed by atoms with Gasteiger partial charge in [0, 0.05) is 17.2 Å². The number of halogens is 2. The number of aromatic nitrogens is 1. The van der Waals surface area contributed by atoms with Crippen molar-refractivity contribution in [2.75, 3.05) is 5.75 Å². The second-order valence-corrected chi connectivity index (χ2v) is 5.51. The Morgan fingerprint density at radius 2 is 2.00 bits per heavy atom. The van der Waals surface area contributed by atoms with Gasteiger partial charge in [-0.2, -0.15) is 12.6 Å². The minimum Gasteiger partial charge on any atom is -0.313 e. The SMILES string of the molecule is O=c1c(Br)cc(Br)cn1CCCCCS. The molecule has 0 atom stereocenters. The highest BCUT2D eigenvalue weighted by molar-refractivity contribution is 9.11. The fraction of sp³-hybridized carbons (Fsp3) is 0.500. The third kappa shape index (κ3) is 4.33. The molecule has 1 heterocycles. The van der Waals surface area contributed by atoms with Gasteiger partial charge >= 0.3 is 0 Å². The Hall–Kier alpha value is 0.260. The van der Waals surface area contributed by atoms with Crippen LogP contribution in [0, 0.1) is 0 Å². The zero-order valence-corrected chi connectivity index (χ0v) is 12.3. The van der Waals surface area contributed by atoms with Gasteiger partial charge in [0.05, 0.1) is 4.47 Å². The van der Waals surface area contributed by atoms with Gasteiger partial charge in [0.15, 0.2) is 0 Å². The van der Waals surface area contributed by atoms with E-state index in [2.05, 4.69) is 44.5 Å². The summed E-state index contributed by atoms with van der Waals surface area (Å²) in [6.07, 6.45) is 5.06. The van der Waals surface area contributed by atoms with Crippen LogP contribution in [0.15, 0.2) is 26.0 Å². The lowest BCUT2D eigenvalue weighted by atomic mass is 10.2. The third-order valence-electron chi connectivity index (χ3n) is 2.07. The second-order valence-electron chi connectivity index (χ2n) is 3.29. The van der Waals surface area contributed by atoms with Crippen LogP contribution in [0.2, 0.25) is 0 Å². The molecule has 1 aromatic rings. The van der Waals surface area contributed by atoms with E-state index in [4.69, 9.17) is 0 Å². The van der Waals surface area contributed by atoms with Crippen LogP contribution < -0.4 is 5.56 Å². The third-order valence-corrected chi connectivity index (χ3v) is 3.38. The molecule has 2 nitrogen and oxygen atoms in total. The zero-order valence-electron chi connectivity index (χ0n) is 8.25. The molecule has 0 bridgehead atoms. The van der Waals surface area contributed by atoms with Crippen molar-refractivity contribution >= 4 is 44.5 Å². The van der Waals surface area contributed by atoms with Gasteiger partial charge in [-0.05, 0) is 56.5 Å². The summed E-state index contributed by atoms with van der Waals surface area (Å²) < 4.78 is 3.25. The highest BCUT2D eigenvalue weighted by Gasteiger charge is 2.02. The lowest BCUT2D eigenvalue weighted by Gasteiger charge is -2.06. The first-order valence-corrected chi connectivity index (χ1v) is 7.03. The van der Waals surface area contributed by atoms with Crippen molar-refractivity contribution in [3.63, 3.8) is 0 Å². The lowest BCUT2D eigenvalue weighted by Crippen LogP contribution is -2.20. The van der Waals surface area contributed by atoms with Gasteiger partial charge in [0.25, 0.3) is 5.56 Å². The number of nitrogens with zero attached hydrogens (tertiary/aromatic N) is 1. The number of unbranched alkanes of at least 4 members (excludes halogenated alkanes) is 2. The molecule has 15 heavy (non-hydrogen) atoms. The van der Waals surface area contributed by atoms with Crippen molar-refractivity contribution in [3.8, 4) is 0 Å². The number of thiol groups is 1. The minimum atomic E-state index is 0.0315. The number of hydrogen-bond donors (Lipinski definition) is 1. The lowest BCUT2D eigenvalue weighted by molar-refractivity contribution is 0.587. The molecular weight excluding hydrogens is 342 g/mol. The highest BCUT2D eigenvalue weighted by atomic mass is 79.9. The molecule has 5 heteroatoms. The first kappa shape index (κ1) is 13.3. The summed E-state index contributed by atoms with van der Waals surface area (Å²) in [5, 5.41) is 0. The maximum absolute atomic E-state index is 11.7. The fourth-order valence-corrected chi connectivity index (χ4v) is 2.78. The van der Waals surface area contributed by atoms with Crippen molar-refractivity contribution in [1.29, 1.82) is 0 Å². The Labute approximate surface area is 112 Å². The highest BCUT2D eigenvalue weighted by Crippen LogP contribution is 2.13.